The van der Waals surface area contributed by atoms with Crippen molar-refractivity contribution in [2.75, 3.05) is 6.54 Å². The maximum Gasteiger partial charge on any atom is 0.416 e. The van der Waals surface area contributed by atoms with Crippen LogP contribution in [-0.2, 0) is 16.1 Å². The molecule has 2 amide bonds. The van der Waals surface area contributed by atoms with Crippen molar-refractivity contribution in [2.24, 2.45) is 0 Å². The number of rotatable bonds is 2. The molecule has 4 nitrogen and oxygen atoms in total. The van der Waals surface area contributed by atoms with Crippen LogP contribution in [0.4, 0.5) is 4.79 Å². The van der Waals surface area contributed by atoms with Gasteiger partial charge in [-0.3, -0.25) is 4.79 Å². The fraction of sp³-hybridized carbons (Fsp3) is 0.467. The Bertz CT molecular complexity index is 430. The van der Waals surface area contributed by atoms with Crippen molar-refractivity contribution in [3.63, 3.8) is 0 Å². The van der Waals surface area contributed by atoms with Crippen LogP contribution < -0.4 is 0 Å². The molecule has 1 saturated heterocycles. The third-order valence-electron chi connectivity index (χ3n) is 3.25. The average molecular weight is 261 g/mol. The van der Waals surface area contributed by atoms with Crippen LogP contribution in [-0.4, -0.2) is 23.4 Å². The van der Waals surface area contributed by atoms with E-state index in [1.807, 2.05) is 30.3 Å². The molecule has 2 rings (SSSR count). The highest BCUT2D eigenvalue weighted by Crippen LogP contribution is 2.13. The molecule has 1 aliphatic rings. The van der Waals surface area contributed by atoms with Gasteiger partial charge in [-0.1, -0.05) is 43.2 Å². The quantitative estimate of drug-likeness (QED) is 0.821. The van der Waals surface area contributed by atoms with E-state index in [2.05, 4.69) is 0 Å². The van der Waals surface area contributed by atoms with E-state index in [0.29, 0.717) is 13.0 Å². The minimum atomic E-state index is -0.518. The molecule has 19 heavy (non-hydrogen) atoms. The number of carbonyl (C=O) groups excluding carboxylic acids is 2. The Morgan fingerprint density at radius 1 is 1.11 bits per heavy atom. The van der Waals surface area contributed by atoms with Gasteiger partial charge in [0.2, 0.25) is 5.91 Å². The highest BCUT2D eigenvalue weighted by atomic mass is 16.6. The van der Waals surface area contributed by atoms with Crippen molar-refractivity contribution in [2.45, 2.75) is 38.7 Å². The lowest BCUT2D eigenvalue weighted by Crippen LogP contribution is -2.38. The summed E-state index contributed by atoms with van der Waals surface area (Å²) in [5, 5.41) is 0. The van der Waals surface area contributed by atoms with E-state index < -0.39 is 6.09 Å². The molecule has 1 aromatic rings. The smallest absolute Gasteiger partial charge is 0.416 e. The van der Waals surface area contributed by atoms with Crippen molar-refractivity contribution in [1.82, 2.24) is 4.90 Å². The number of likely N-dealkylation sites (tertiary alicyclic amines) is 1. The van der Waals surface area contributed by atoms with Crippen LogP contribution in [0, 0.1) is 0 Å². The summed E-state index contributed by atoms with van der Waals surface area (Å²) in [4.78, 5) is 25.0. The van der Waals surface area contributed by atoms with E-state index in [0.717, 1.165) is 31.2 Å². The molecule has 4 heteroatoms. The molecule has 0 saturated carbocycles. The predicted octanol–water partition coefficient (Wildman–Crippen LogP) is 3.12. The van der Waals surface area contributed by atoms with Crippen molar-refractivity contribution < 1.29 is 14.3 Å². The zero-order chi connectivity index (χ0) is 13.5. The standard InChI is InChI=1S/C15H19NO3/c17-14-10-6-1-2-7-11-16(14)15(18)19-12-13-8-4-3-5-9-13/h3-5,8-9H,1-2,6-7,10-12H2. The lowest BCUT2D eigenvalue weighted by Gasteiger charge is -2.22. The molecule has 0 bridgehead atoms. The Morgan fingerprint density at radius 3 is 2.63 bits per heavy atom. The molecule has 1 aromatic carbocycles. The van der Waals surface area contributed by atoms with Crippen LogP contribution in [0.15, 0.2) is 30.3 Å². The molecule has 1 aliphatic heterocycles. The van der Waals surface area contributed by atoms with Crippen LogP contribution in [0.3, 0.4) is 0 Å². The Hall–Kier alpha value is -1.84. The number of nitrogens with zero attached hydrogens (tertiary/aromatic N) is 1. The first kappa shape index (κ1) is 13.6. The molecule has 0 unspecified atom stereocenters. The topological polar surface area (TPSA) is 46.6 Å². The van der Waals surface area contributed by atoms with E-state index in [4.69, 9.17) is 4.74 Å². The monoisotopic (exact) mass is 261 g/mol. The summed E-state index contributed by atoms with van der Waals surface area (Å²) in [5.74, 6) is -0.113. The SMILES string of the molecule is O=C1CCCCCCN1C(=O)OCc1ccccc1. The van der Waals surface area contributed by atoms with Gasteiger partial charge in [-0.05, 0) is 18.4 Å². The highest BCUT2D eigenvalue weighted by molar-refractivity contribution is 5.91. The van der Waals surface area contributed by atoms with Crippen LogP contribution in [0.2, 0.25) is 0 Å². The molecule has 0 atom stereocenters. The molecule has 0 N–H and O–H groups in total. The van der Waals surface area contributed by atoms with Gasteiger partial charge in [0.25, 0.3) is 0 Å². The second-order valence-corrected chi connectivity index (χ2v) is 4.75. The van der Waals surface area contributed by atoms with Gasteiger partial charge in [-0.2, -0.15) is 0 Å². The normalized spacial score (nSPS) is 16.6. The predicted molar refractivity (Wildman–Crippen MR) is 71.4 cm³/mol. The number of imide groups is 1. The Kier molecular flexibility index (Phi) is 4.95. The molecule has 0 aromatic heterocycles. The lowest BCUT2D eigenvalue weighted by atomic mass is 10.1. The average Bonchev–Trinajstić information content (AvgIpc) is 2.42. The third-order valence-corrected chi connectivity index (χ3v) is 3.25. The zero-order valence-corrected chi connectivity index (χ0v) is 11.0. The van der Waals surface area contributed by atoms with E-state index in [1.54, 1.807) is 0 Å². The summed E-state index contributed by atoms with van der Waals surface area (Å²) < 4.78 is 5.20. The first-order chi connectivity index (χ1) is 9.27. The molecule has 102 valence electrons. The van der Waals surface area contributed by atoms with Crippen LogP contribution >= 0.6 is 0 Å². The van der Waals surface area contributed by atoms with E-state index in [1.165, 1.54) is 4.90 Å². The molecule has 1 fully saturated rings. The van der Waals surface area contributed by atoms with Crippen molar-refractivity contribution >= 4 is 12.0 Å². The van der Waals surface area contributed by atoms with Gasteiger partial charge < -0.3 is 4.74 Å². The third kappa shape index (κ3) is 4.09. The van der Waals surface area contributed by atoms with E-state index in [9.17, 15) is 9.59 Å². The van der Waals surface area contributed by atoms with Gasteiger partial charge in [0.15, 0.2) is 0 Å². The molecule has 0 aliphatic carbocycles. The minimum Gasteiger partial charge on any atom is -0.444 e. The molecule has 0 spiro atoms. The molecule has 1 heterocycles. The number of hydrogen-bond acceptors (Lipinski definition) is 3. The number of carbonyl (C=O) groups is 2. The lowest BCUT2D eigenvalue weighted by molar-refractivity contribution is -0.130. The van der Waals surface area contributed by atoms with Gasteiger partial charge in [-0.25, -0.2) is 9.69 Å². The number of ether oxygens (including phenoxy) is 1. The van der Waals surface area contributed by atoms with E-state index in [-0.39, 0.29) is 12.5 Å². The Morgan fingerprint density at radius 2 is 1.84 bits per heavy atom. The molecular formula is C15H19NO3. The minimum absolute atomic E-state index is 0.113. The van der Waals surface area contributed by atoms with Gasteiger partial charge in [0.1, 0.15) is 6.61 Å². The summed E-state index contributed by atoms with van der Waals surface area (Å²) in [6, 6.07) is 9.48. The number of amides is 2. The first-order valence-electron chi connectivity index (χ1n) is 6.78. The number of hydrogen-bond donors (Lipinski definition) is 0. The second-order valence-electron chi connectivity index (χ2n) is 4.75. The van der Waals surface area contributed by atoms with Crippen molar-refractivity contribution in [1.29, 1.82) is 0 Å². The van der Waals surface area contributed by atoms with E-state index >= 15 is 0 Å². The molecule has 0 radical (unpaired) electrons. The Labute approximate surface area is 113 Å². The van der Waals surface area contributed by atoms with Crippen molar-refractivity contribution in [3.8, 4) is 0 Å². The van der Waals surface area contributed by atoms with Gasteiger partial charge >= 0.3 is 6.09 Å². The summed E-state index contributed by atoms with van der Waals surface area (Å²) in [6.45, 7) is 0.690. The fourth-order valence-corrected chi connectivity index (χ4v) is 2.15. The van der Waals surface area contributed by atoms with Crippen LogP contribution in [0.5, 0.6) is 0 Å². The van der Waals surface area contributed by atoms with Gasteiger partial charge in [0, 0.05) is 13.0 Å². The molecular weight excluding hydrogens is 242 g/mol. The maximum atomic E-state index is 11.9. The van der Waals surface area contributed by atoms with Gasteiger partial charge in [0.05, 0.1) is 0 Å². The largest absolute Gasteiger partial charge is 0.444 e. The van der Waals surface area contributed by atoms with Crippen LogP contribution in [0.25, 0.3) is 0 Å². The summed E-state index contributed by atoms with van der Waals surface area (Å²) >= 11 is 0. The first-order valence-corrected chi connectivity index (χ1v) is 6.78. The summed E-state index contributed by atoms with van der Waals surface area (Å²) in [6.07, 6.45) is 3.79. The zero-order valence-electron chi connectivity index (χ0n) is 11.0. The summed E-state index contributed by atoms with van der Waals surface area (Å²) in [7, 11) is 0. The van der Waals surface area contributed by atoms with Crippen LogP contribution in [0.1, 0.15) is 37.7 Å². The fourth-order valence-electron chi connectivity index (χ4n) is 2.15. The van der Waals surface area contributed by atoms with Crippen molar-refractivity contribution in [3.05, 3.63) is 35.9 Å². The Balaban J connectivity index is 1.88. The second kappa shape index (κ2) is 6.92. The van der Waals surface area contributed by atoms with Gasteiger partial charge in [-0.15, -0.1) is 0 Å². The number of benzene rings is 1. The summed E-state index contributed by atoms with van der Waals surface area (Å²) in [5.41, 5.74) is 0.926. The highest BCUT2D eigenvalue weighted by Gasteiger charge is 2.23. The maximum absolute atomic E-state index is 11.9.